The van der Waals surface area contributed by atoms with Crippen LogP contribution in [0.15, 0.2) is 0 Å². The van der Waals surface area contributed by atoms with E-state index in [1.807, 2.05) is 0 Å². The quantitative estimate of drug-likeness (QED) is 0.523. The van der Waals surface area contributed by atoms with Gasteiger partial charge in [-0.15, -0.1) is 0 Å². The van der Waals surface area contributed by atoms with Crippen molar-refractivity contribution < 1.29 is 24.5 Å². The molecule has 2 N–H and O–H groups in total. The first-order valence-electron chi connectivity index (χ1n) is 4.94. The third-order valence-corrected chi connectivity index (χ3v) is 1.85. The molecule has 0 fully saturated rings. The molecule has 0 radical (unpaired) electrons. The van der Waals surface area contributed by atoms with Gasteiger partial charge >= 0.3 is 6.03 Å². The third kappa shape index (κ3) is 5.26. The van der Waals surface area contributed by atoms with E-state index in [0.717, 1.165) is 0 Å². The lowest BCUT2D eigenvalue weighted by Gasteiger charge is -2.28. The molecule has 0 aromatic heterocycles. The van der Waals surface area contributed by atoms with Crippen molar-refractivity contribution in [3.63, 3.8) is 0 Å². The van der Waals surface area contributed by atoms with E-state index in [9.17, 15) is 4.79 Å². The highest BCUT2D eigenvalue weighted by molar-refractivity contribution is 5.74. The van der Waals surface area contributed by atoms with Crippen molar-refractivity contribution in [2.45, 2.75) is 0 Å². The van der Waals surface area contributed by atoms with E-state index in [1.165, 1.54) is 24.0 Å². The van der Waals surface area contributed by atoms with Gasteiger partial charge in [0.2, 0.25) is 0 Å². The number of methoxy groups -OCH3 is 2. The highest BCUT2D eigenvalue weighted by Crippen LogP contribution is 1.99. The second kappa shape index (κ2) is 9.34. The zero-order chi connectivity index (χ0) is 12.4. The van der Waals surface area contributed by atoms with Crippen LogP contribution in [-0.2, 0) is 9.47 Å². The van der Waals surface area contributed by atoms with Crippen LogP contribution in [0, 0.1) is 0 Å². The Bertz CT molecular complexity index is 161. The number of hydrogen-bond donors (Lipinski definition) is 2. The van der Waals surface area contributed by atoms with E-state index in [2.05, 4.69) is 0 Å². The standard InChI is InChI=1S/C9H20N2O5/c1-15-7-11(8-16-2)9(14)10(3-5-12)4-6-13/h12-13H,3-8H2,1-2H3. The minimum Gasteiger partial charge on any atom is -0.395 e. The summed E-state index contributed by atoms with van der Waals surface area (Å²) in [4.78, 5) is 14.5. The van der Waals surface area contributed by atoms with E-state index < -0.39 is 0 Å². The molecule has 0 aromatic rings. The molecule has 7 nitrogen and oxygen atoms in total. The Kier molecular flexibility index (Phi) is 8.82. The molecule has 0 bridgehead atoms. The highest BCUT2D eigenvalue weighted by atomic mass is 16.5. The fourth-order valence-corrected chi connectivity index (χ4v) is 1.20. The zero-order valence-electron chi connectivity index (χ0n) is 9.76. The van der Waals surface area contributed by atoms with E-state index in [4.69, 9.17) is 19.7 Å². The molecule has 0 atom stereocenters. The van der Waals surface area contributed by atoms with Gasteiger partial charge in [-0.3, -0.25) is 4.90 Å². The van der Waals surface area contributed by atoms with E-state index in [1.54, 1.807) is 0 Å². The molecule has 0 aliphatic rings. The summed E-state index contributed by atoms with van der Waals surface area (Å²) in [6, 6.07) is -0.341. The monoisotopic (exact) mass is 236 g/mol. The smallest absolute Gasteiger partial charge is 0.323 e. The molecule has 0 saturated carbocycles. The van der Waals surface area contributed by atoms with E-state index in [0.29, 0.717) is 0 Å². The average molecular weight is 236 g/mol. The van der Waals surface area contributed by atoms with Crippen molar-refractivity contribution in [3.8, 4) is 0 Å². The normalized spacial score (nSPS) is 10.2. The first kappa shape index (κ1) is 15.1. The molecule has 0 heterocycles. The Labute approximate surface area is 95.2 Å². The number of rotatable bonds is 8. The first-order chi connectivity index (χ1) is 7.71. The minimum atomic E-state index is -0.341. The molecule has 0 saturated heterocycles. The molecule has 7 heteroatoms. The molecule has 0 spiro atoms. The number of aliphatic hydroxyl groups excluding tert-OH is 2. The van der Waals surface area contributed by atoms with Gasteiger partial charge < -0.3 is 24.6 Å². The van der Waals surface area contributed by atoms with Crippen molar-refractivity contribution in [2.24, 2.45) is 0 Å². The summed E-state index contributed by atoms with van der Waals surface area (Å²) >= 11 is 0. The maximum Gasteiger partial charge on any atom is 0.323 e. The molecule has 16 heavy (non-hydrogen) atoms. The Morgan fingerprint density at radius 1 is 1.00 bits per heavy atom. The van der Waals surface area contributed by atoms with Crippen LogP contribution in [0.2, 0.25) is 0 Å². The Morgan fingerprint density at radius 3 is 1.75 bits per heavy atom. The lowest BCUT2D eigenvalue weighted by molar-refractivity contribution is -0.000633. The van der Waals surface area contributed by atoms with Gasteiger partial charge in [-0.2, -0.15) is 0 Å². The fraction of sp³-hybridized carbons (Fsp3) is 0.889. The fourth-order valence-electron chi connectivity index (χ4n) is 1.20. The van der Waals surface area contributed by atoms with Gasteiger partial charge in [0, 0.05) is 27.3 Å². The number of nitrogens with zero attached hydrogens (tertiary/aromatic N) is 2. The summed E-state index contributed by atoms with van der Waals surface area (Å²) in [5, 5.41) is 17.6. The molecule has 0 unspecified atom stereocenters. The molecule has 2 amide bonds. The predicted octanol–water partition coefficient (Wildman–Crippen LogP) is -1.10. The number of aliphatic hydroxyl groups is 2. The lowest BCUT2D eigenvalue weighted by Crippen LogP contribution is -2.46. The molecule has 0 aliphatic carbocycles. The Balaban J connectivity index is 4.38. The summed E-state index contributed by atoms with van der Waals surface area (Å²) in [5.74, 6) is 0. The molecule has 0 rings (SSSR count). The topological polar surface area (TPSA) is 82.5 Å². The molecule has 0 aliphatic heterocycles. The summed E-state index contributed by atoms with van der Waals surface area (Å²) in [6.45, 7) is 0.228. The number of amides is 2. The first-order valence-corrected chi connectivity index (χ1v) is 4.94. The number of carbonyl (C=O) groups excluding carboxylic acids is 1. The van der Waals surface area contributed by atoms with Crippen LogP contribution in [0.5, 0.6) is 0 Å². The number of urea groups is 1. The van der Waals surface area contributed by atoms with Gasteiger partial charge in [-0.25, -0.2) is 4.79 Å². The van der Waals surface area contributed by atoms with Crippen molar-refractivity contribution in [1.82, 2.24) is 9.80 Å². The second-order valence-electron chi connectivity index (χ2n) is 3.09. The van der Waals surface area contributed by atoms with Gasteiger partial charge in [0.05, 0.1) is 13.2 Å². The lowest BCUT2D eigenvalue weighted by atomic mass is 10.5. The molecular weight excluding hydrogens is 216 g/mol. The summed E-state index contributed by atoms with van der Waals surface area (Å²) in [6.07, 6.45) is 0. The average Bonchev–Trinajstić information content (AvgIpc) is 2.27. The number of carbonyl (C=O) groups is 1. The van der Waals surface area contributed by atoms with Crippen LogP contribution < -0.4 is 0 Å². The van der Waals surface area contributed by atoms with Crippen LogP contribution in [0.3, 0.4) is 0 Å². The Hall–Kier alpha value is -0.890. The molecule has 96 valence electrons. The Morgan fingerprint density at radius 2 is 1.44 bits per heavy atom. The summed E-state index contributed by atoms with van der Waals surface area (Å²) in [7, 11) is 2.94. The van der Waals surface area contributed by atoms with Crippen molar-refractivity contribution in [2.75, 3.05) is 54.0 Å². The largest absolute Gasteiger partial charge is 0.395 e. The van der Waals surface area contributed by atoms with Crippen LogP contribution in [0.25, 0.3) is 0 Å². The summed E-state index contributed by atoms with van der Waals surface area (Å²) in [5.41, 5.74) is 0. The van der Waals surface area contributed by atoms with Crippen molar-refractivity contribution in [1.29, 1.82) is 0 Å². The predicted molar refractivity (Wildman–Crippen MR) is 56.7 cm³/mol. The highest BCUT2D eigenvalue weighted by Gasteiger charge is 2.19. The molecule has 0 aromatic carbocycles. The van der Waals surface area contributed by atoms with Crippen LogP contribution >= 0.6 is 0 Å². The van der Waals surface area contributed by atoms with Crippen LogP contribution in [-0.4, -0.2) is 80.0 Å². The van der Waals surface area contributed by atoms with Crippen LogP contribution in [0.1, 0.15) is 0 Å². The molecular formula is C9H20N2O5. The SMILES string of the molecule is COCN(COC)C(=O)N(CCO)CCO. The summed E-state index contributed by atoms with van der Waals surface area (Å²) < 4.78 is 9.72. The minimum absolute atomic E-state index is 0.0973. The van der Waals surface area contributed by atoms with Crippen molar-refractivity contribution in [3.05, 3.63) is 0 Å². The van der Waals surface area contributed by atoms with Gasteiger partial charge in [-0.05, 0) is 0 Å². The second-order valence-corrected chi connectivity index (χ2v) is 3.09. The van der Waals surface area contributed by atoms with Gasteiger partial charge in [0.25, 0.3) is 0 Å². The van der Waals surface area contributed by atoms with Gasteiger partial charge in [0.15, 0.2) is 0 Å². The number of hydrogen-bond acceptors (Lipinski definition) is 5. The van der Waals surface area contributed by atoms with Crippen molar-refractivity contribution >= 4 is 6.03 Å². The van der Waals surface area contributed by atoms with E-state index >= 15 is 0 Å². The maximum absolute atomic E-state index is 11.9. The van der Waals surface area contributed by atoms with E-state index in [-0.39, 0.29) is 45.8 Å². The maximum atomic E-state index is 11.9. The van der Waals surface area contributed by atoms with Crippen LogP contribution in [0.4, 0.5) is 4.79 Å². The number of ether oxygens (including phenoxy) is 2. The zero-order valence-corrected chi connectivity index (χ0v) is 9.76. The van der Waals surface area contributed by atoms with Gasteiger partial charge in [-0.1, -0.05) is 0 Å². The van der Waals surface area contributed by atoms with Gasteiger partial charge in [0.1, 0.15) is 13.5 Å². The third-order valence-electron chi connectivity index (χ3n) is 1.85.